The summed E-state index contributed by atoms with van der Waals surface area (Å²) >= 11 is 0. The van der Waals surface area contributed by atoms with Crippen LogP contribution >= 0.6 is 0 Å². The maximum atomic E-state index is 12.0. The Morgan fingerprint density at radius 3 is 2.82 bits per heavy atom. The van der Waals surface area contributed by atoms with Crippen LogP contribution in [0.15, 0.2) is 12.3 Å². The van der Waals surface area contributed by atoms with Crippen molar-refractivity contribution in [1.82, 2.24) is 9.88 Å². The number of nitrogen functional groups attached to an aromatic ring is 1. The van der Waals surface area contributed by atoms with Crippen molar-refractivity contribution in [3.05, 3.63) is 18.0 Å². The van der Waals surface area contributed by atoms with Gasteiger partial charge in [-0.2, -0.15) is 0 Å². The first-order valence-corrected chi connectivity index (χ1v) is 5.99. The number of nitrogens with two attached hydrogens (primary N) is 1. The molecule has 0 unspecified atom stereocenters. The molecule has 1 amide bonds. The molecule has 0 spiro atoms. The molecule has 0 saturated heterocycles. The van der Waals surface area contributed by atoms with Crippen LogP contribution in [0.1, 0.15) is 37.2 Å². The average molecular weight is 239 g/mol. The average Bonchev–Trinajstić information content (AvgIpc) is 2.67. The van der Waals surface area contributed by atoms with Crippen molar-refractivity contribution in [3.8, 4) is 0 Å². The number of hydrogen-bond acceptors (Lipinski definition) is 3. The fraction of sp³-hybridized carbons (Fsp3) is 0.583. The van der Waals surface area contributed by atoms with Gasteiger partial charge in [0.05, 0.1) is 18.3 Å². The van der Waals surface area contributed by atoms with Crippen LogP contribution in [0.3, 0.4) is 0 Å². The zero-order valence-corrected chi connectivity index (χ0v) is 10.4. The standard InChI is InChI=1S/C12H21N3O2/c1-3-5-15-7-9(13)6-11(15)12(17)14-10(4-2)8-16/h6-7,10,16H,3-5,8,13H2,1-2H3,(H,14,17)/t10-/m0/s1. The fourth-order valence-electron chi connectivity index (χ4n) is 1.69. The molecule has 96 valence electrons. The maximum Gasteiger partial charge on any atom is 0.268 e. The van der Waals surface area contributed by atoms with Gasteiger partial charge in [0.1, 0.15) is 5.69 Å². The molecule has 0 fully saturated rings. The predicted octanol–water partition coefficient (Wildman–Crippen LogP) is 0.981. The first-order chi connectivity index (χ1) is 8.12. The Labute approximate surface area is 102 Å². The molecule has 0 aromatic carbocycles. The monoisotopic (exact) mass is 239 g/mol. The quantitative estimate of drug-likeness (QED) is 0.692. The molecule has 0 aliphatic rings. The second kappa shape index (κ2) is 6.30. The highest BCUT2D eigenvalue weighted by Gasteiger charge is 2.15. The summed E-state index contributed by atoms with van der Waals surface area (Å²) in [5.41, 5.74) is 6.83. The summed E-state index contributed by atoms with van der Waals surface area (Å²) in [6, 6.07) is 1.46. The van der Waals surface area contributed by atoms with Crippen LogP contribution in [0.5, 0.6) is 0 Å². The van der Waals surface area contributed by atoms with E-state index in [0.29, 0.717) is 17.8 Å². The molecule has 0 aliphatic carbocycles. The number of aryl methyl sites for hydroxylation is 1. The number of rotatable bonds is 6. The Morgan fingerprint density at radius 1 is 1.59 bits per heavy atom. The summed E-state index contributed by atoms with van der Waals surface area (Å²) < 4.78 is 1.84. The summed E-state index contributed by atoms with van der Waals surface area (Å²) in [5.74, 6) is -0.184. The van der Waals surface area contributed by atoms with Gasteiger partial charge in [0, 0.05) is 12.7 Å². The Hall–Kier alpha value is -1.49. The number of hydrogen-bond donors (Lipinski definition) is 3. The van der Waals surface area contributed by atoms with Gasteiger partial charge in [-0.25, -0.2) is 0 Å². The lowest BCUT2D eigenvalue weighted by Gasteiger charge is -2.15. The first kappa shape index (κ1) is 13.6. The minimum Gasteiger partial charge on any atom is -0.397 e. The van der Waals surface area contributed by atoms with E-state index in [0.717, 1.165) is 13.0 Å². The van der Waals surface area contributed by atoms with E-state index < -0.39 is 0 Å². The number of carbonyl (C=O) groups excluding carboxylic acids is 1. The van der Waals surface area contributed by atoms with Crippen LogP contribution in [0.25, 0.3) is 0 Å². The van der Waals surface area contributed by atoms with Crippen LogP contribution in [0, 0.1) is 0 Å². The van der Waals surface area contributed by atoms with Crippen molar-refractivity contribution in [2.75, 3.05) is 12.3 Å². The summed E-state index contributed by atoms with van der Waals surface area (Å²) in [4.78, 5) is 12.0. The van der Waals surface area contributed by atoms with Gasteiger partial charge in [0.2, 0.25) is 0 Å². The van der Waals surface area contributed by atoms with Crippen molar-refractivity contribution in [1.29, 1.82) is 0 Å². The molecular weight excluding hydrogens is 218 g/mol. The molecule has 1 rings (SSSR count). The second-order valence-electron chi connectivity index (χ2n) is 4.11. The van der Waals surface area contributed by atoms with Crippen molar-refractivity contribution < 1.29 is 9.90 Å². The van der Waals surface area contributed by atoms with Gasteiger partial charge in [-0.15, -0.1) is 0 Å². The summed E-state index contributed by atoms with van der Waals surface area (Å²) in [7, 11) is 0. The topological polar surface area (TPSA) is 80.3 Å². The van der Waals surface area contributed by atoms with Gasteiger partial charge >= 0.3 is 0 Å². The number of anilines is 1. The number of aliphatic hydroxyl groups is 1. The lowest BCUT2D eigenvalue weighted by atomic mass is 10.2. The zero-order valence-electron chi connectivity index (χ0n) is 10.4. The maximum absolute atomic E-state index is 12.0. The molecule has 1 aromatic rings. The molecule has 5 nitrogen and oxygen atoms in total. The van der Waals surface area contributed by atoms with Crippen LogP contribution in [-0.4, -0.2) is 28.2 Å². The number of carbonyl (C=O) groups is 1. The molecule has 0 bridgehead atoms. The van der Waals surface area contributed by atoms with Crippen LogP contribution in [0.4, 0.5) is 5.69 Å². The summed E-state index contributed by atoms with van der Waals surface area (Å²) in [5, 5.41) is 11.8. The van der Waals surface area contributed by atoms with Crippen molar-refractivity contribution in [3.63, 3.8) is 0 Å². The van der Waals surface area contributed by atoms with Crippen molar-refractivity contribution in [2.45, 2.75) is 39.3 Å². The normalized spacial score (nSPS) is 12.4. The van der Waals surface area contributed by atoms with E-state index in [9.17, 15) is 4.79 Å². The first-order valence-electron chi connectivity index (χ1n) is 5.99. The van der Waals surface area contributed by atoms with Crippen molar-refractivity contribution in [2.24, 2.45) is 0 Å². The molecule has 1 atom stereocenters. The third-order valence-electron chi connectivity index (χ3n) is 2.66. The molecule has 0 saturated carbocycles. The highest BCUT2D eigenvalue weighted by Crippen LogP contribution is 2.11. The van der Waals surface area contributed by atoms with E-state index in [2.05, 4.69) is 5.32 Å². The Kier molecular flexibility index (Phi) is 5.03. The van der Waals surface area contributed by atoms with Gasteiger partial charge in [-0.1, -0.05) is 13.8 Å². The van der Waals surface area contributed by atoms with Gasteiger partial charge < -0.3 is 20.7 Å². The predicted molar refractivity (Wildman–Crippen MR) is 67.8 cm³/mol. The Balaban J connectivity index is 2.80. The third-order valence-corrected chi connectivity index (χ3v) is 2.66. The van der Waals surface area contributed by atoms with Gasteiger partial charge in [-0.3, -0.25) is 4.79 Å². The molecule has 1 aromatic heterocycles. The zero-order chi connectivity index (χ0) is 12.8. The van der Waals surface area contributed by atoms with E-state index >= 15 is 0 Å². The van der Waals surface area contributed by atoms with Crippen LogP contribution in [-0.2, 0) is 6.54 Å². The highest BCUT2D eigenvalue weighted by atomic mass is 16.3. The largest absolute Gasteiger partial charge is 0.397 e. The second-order valence-corrected chi connectivity index (χ2v) is 4.11. The van der Waals surface area contributed by atoms with Crippen LogP contribution in [0.2, 0.25) is 0 Å². The molecule has 0 radical (unpaired) electrons. The van der Waals surface area contributed by atoms with E-state index in [1.54, 1.807) is 12.3 Å². The van der Waals surface area contributed by atoms with Crippen molar-refractivity contribution >= 4 is 11.6 Å². The van der Waals surface area contributed by atoms with E-state index in [1.807, 2.05) is 18.4 Å². The van der Waals surface area contributed by atoms with Crippen LogP contribution < -0.4 is 11.1 Å². The van der Waals surface area contributed by atoms with E-state index in [1.165, 1.54) is 0 Å². The smallest absolute Gasteiger partial charge is 0.268 e. The van der Waals surface area contributed by atoms with E-state index in [4.69, 9.17) is 10.8 Å². The minimum absolute atomic E-state index is 0.0494. The number of aliphatic hydroxyl groups excluding tert-OH is 1. The molecule has 1 heterocycles. The lowest BCUT2D eigenvalue weighted by Crippen LogP contribution is -2.37. The summed E-state index contributed by atoms with van der Waals surface area (Å²) in [6.45, 7) is 4.67. The molecule has 0 aliphatic heterocycles. The molecule has 17 heavy (non-hydrogen) atoms. The molecule has 5 heteroatoms. The number of nitrogens with one attached hydrogen (secondary N) is 1. The van der Waals surface area contributed by atoms with Gasteiger partial charge in [-0.05, 0) is 18.9 Å². The van der Waals surface area contributed by atoms with E-state index in [-0.39, 0.29) is 18.6 Å². The molecular formula is C12H21N3O2. The lowest BCUT2D eigenvalue weighted by molar-refractivity contribution is 0.0905. The number of amides is 1. The third kappa shape index (κ3) is 3.49. The summed E-state index contributed by atoms with van der Waals surface area (Å²) in [6.07, 6.45) is 3.40. The highest BCUT2D eigenvalue weighted by molar-refractivity contribution is 5.94. The Bertz CT molecular complexity index is 370. The number of aromatic nitrogens is 1. The fourth-order valence-corrected chi connectivity index (χ4v) is 1.69. The van der Waals surface area contributed by atoms with Gasteiger partial charge in [0.25, 0.3) is 5.91 Å². The molecule has 4 N–H and O–H groups in total. The number of nitrogens with zero attached hydrogens (tertiary/aromatic N) is 1. The Morgan fingerprint density at radius 2 is 2.29 bits per heavy atom. The van der Waals surface area contributed by atoms with Gasteiger partial charge in [0.15, 0.2) is 0 Å². The SMILES string of the molecule is CCCn1cc(N)cc1C(=O)N[C@@H](CC)CO. The minimum atomic E-state index is -0.200.